The first kappa shape index (κ1) is 15.5. The van der Waals surface area contributed by atoms with Crippen molar-refractivity contribution in [3.05, 3.63) is 35.6 Å². The van der Waals surface area contributed by atoms with Gasteiger partial charge in [0.2, 0.25) is 0 Å². The van der Waals surface area contributed by atoms with Crippen molar-refractivity contribution in [2.24, 2.45) is 5.92 Å². The number of ether oxygens (including phenoxy) is 1. The predicted octanol–water partition coefficient (Wildman–Crippen LogP) is 3.72. The van der Waals surface area contributed by atoms with Gasteiger partial charge in [-0.05, 0) is 48.8 Å². The van der Waals surface area contributed by atoms with Crippen LogP contribution >= 0.6 is 0 Å². The minimum atomic E-state index is -0.168. The van der Waals surface area contributed by atoms with Crippen LogP contribution in [-0.4, -0.2) is 25.8 Å². The molecule has 1 aliphatic rings. The fourth-order valence-electron chi connectivity index (χ4n) is 2.26. The molecule has 1 atom stereocenters. The second kappa shape index (κ2) is 7.75. The highest BCUT2D eigenvalue weighted by Crippen LogP contribution is 2.23. The summed E-state index contributed by atoms with van der Waals surface area (Å²) in [6.45, 7) is 6.86. The van der Waals surface area contributed by atoms with Crippen molar-refractivity contribution in [3.63, 3.8) is 0 Å². The quantitative estimate of drug-likeness (QED) is 0.696. The highest BCUT2D eigenvalue weighted by Gasteiger charge is 2.22. The molecule has 1 aromatic rings. The first-order valence-electron chi connectivity index (χ1n) is 7.71. The Morgan fingerprint density at radius 3 is 2.55 bits per heavy atom. The Kier molecular flexibility index (Phi) is 5.99. The Morgan fingerprint density at radius 2 is 1.95 bits per heavy atom. The molecule has 1 unspecified atom stereocenters. The van der Waals surface area contributed by atoms with E-state index in [4.69, 9.17) is 4.74 Å². The van der Waals surface area contributed by atoms with E-state index < -0.39 is 0 Å². The molecule has 0 radical (unpaired) electrons. The van der Waals surface area contributed by atoms with Gasteiger partial charge in [-0.3, -0.25) is 0 Å². The molecular weight excluding hydrogens is 253 g/mol. The minimum Gasteiger partial charge on any atom is -0.381 e. The lowest BCUT2D eigenvalue weighted by Crippen LogP contribution is -2.24. The van der Waals surface area contributed by atoms with E-state index in [-0.39, 0.29) is 5.82 Å². The van der Waals surface area contributed by atoms with Crippen LogP contribution in [0.25, 0.3) is 0 Å². The average Bonchev–Trinajstić information content (AvgIpc) is 3.23. The number of halogens is 1. The molecule has 0 bridgehead atoms. The summed E-state index contributed by atoms with van der Waals surface area (Å²) in [7, 11) is 0. The molecule has 1 saturated carbocycles. The summed E-state index contributed by atoms with van der Waals surface area (Å²) in [6, 6.07) is 7.60. The van der Waals surface area contributed by atoms with Crippen molar-refractivity contribution >= 4 is 0 Å². The number of benzene rings is 1. The normalized spacial score (nSPS) is 16.6. The van der Waals surface area contributed by atoms with Crippen molar-refractivity contribution in [3.8, 4) is 0 Å². The SMILES string of the molecule is CC(C)COCCC(CNC1CC1)c1ccc(F)cc1. The fraction of sp³-hybridized carbons (Fsp3) is 0.647. The Bertz CT molecular complexity index is 386. The molecule has 0 saturated heterocycles. The second-order valence-electron chi connectivity index (χ2n) is 6.19. The molecule has 2 nitrogen and oxygen atoms in total. The fourth-order valence-corrected chi connectivity index (χ4v) is 2.26. The highest BCUT2D eigenvalue weighted by molar-refractivity contribution is 5.21. The van der Waals surface area contributed by atoms with E-state index in [0.717, 1.165) is 26.2 Å². The van der Waals surface area contributed by atoms with E-state index in [0.29, 0.717) is 17.9 Å². The molecule has 20 heavy (non-hydrogen) atoms. The van der Waals surface area contributed by atoms with Gasteiger partial charge in [-0.2, -0.15) is 0 Å². The molecule has 0 spiro atoms. The first-order valence-corrected chi connectivity index (χ1v) is 7.71. The lowest BCUT2D eigenvalue weighted by atomic mass is 9.96. The molecule has 0 aliphatic heterocycles. The second-order valence-corrected chi connectivity index (χ2v) is 6.19. The van der Waals surface area contributed by atoms with Crippen LogP contribution in [0.3, 0.4) is 0 Å². The smallest absolute Gasteiger partial charge is 0.123 e. The maximum atomic E-state index is 13.0. The summed E-state index contributed by atoms with van der Waals surface area (Å²) in [6.07, 6.45) is 3.57. The Hall–Kier alpha value is -0.930. The van der Waals surface area contributed by atoms with Crippen molar-refractivity contribution < 1.29 is 9.13 Å². The van der Waals surface area contributed by atoms with Gasteiger partial charge in [-0.25, -0.2) is 4.39 Å². The molecule has 112 valence electrons. The van der Waals surface area contributed by atoms with E-state index in [2.05, 4.69) is 19.2 Å². The molecule has 0 amide bonds. The lowest BCUT2D eigenvalue weighted by molar-refractivity contribution is 0.103. The lowest BCUT2D eigenvalue weighted by Gasteiger charge is -2.18. The Labute approximate surface area is 121 Å². The maximum Gasteiger partial charge on any atom is 0.123 e. The zero-order valence-corrected chi connectivity index (χ0v) is 12.6. The van der Waals surface area contributed by atoms with Crippen molar-refractivity contribution in [1.29, 1.82) is 0 Å². The van der Waals surface area contributed by atoms with Gasteiger partial charge in [-0.1, -0.05) is 26.0 Å². The van der Waals surface area contributed by atoms with E-state index in [1.54, 1.807) is 12.1 Å². The molecular formula is C17H26FNO. The monoisotopic (exact) mass is 279 g/mol. The Morgan fingerprint density at radius 1 is 1.25 bits per heavy atom. The third-order valence-corrected chi connectivity index (χ3v) is 3.63. The molecule has 1 N–H and O–H groups in total. The number of rotatable bonds is 9. The van der Waals surface area contributed by atoms with Gasteiger partial charge < -0.3 is 10.1 Å². The standard InChI is InChI=1S/C17H26FNO/c1-13(2)12-20-10-9-15(11-19-17-7-8-17)14-3-5-16(18)6-4-14/h3-6,13,15,17,19H,7-12H2,1-2H3. The van der Waals surface area contributed by atoms with Crippen molar-refractivity contribution in [1.82, 2.24) is 5.32 Å². The molecule has 0 aromatic heterocycles. The largest absolute Gasteiger partial charge is 0.381 e. The van der Waals surface area contributed by atoms with Crippen molar-refractivity contribution in [2.75, 3.05) is 19.8 Å². The molecule has 2 rings (SSSR count). The minimum absolute atomic E-state index is 0.168. The molecule has 3 heteroatoms. The highest BCUT2D eigenvalue weighted by atomic mass is 19.1. The van der Waals surface area contributed by atoms with E-state index in [9.17, 15) is 4.39 Å². The van der Waals surface area contributed by atoms with Gasteiger partial charge in [0, 0.05) is 25.8 Å². The summed E-state index contributed by atoms with van der Waals surface area (Å²) in [5.74, 6) is 0.811. The predicted molar refractivity (Wildman–Crippen MR) is 80.4 cm³/mol. The summed E-state index contributed by atoms with van der Waals surface area (Å²) in [5, 5.41) is 3.57. The van der Waals surface area contributed by atoms with Gasteiger partial charge in [0.1, 0.15) is 5.82 Å². The van der Waals surface area contributed by atoms with Crippen LogP contribution in [0.15, 0.2) is 24.3 Å². The first-order chi connectivity index (χ1) is 9.65. The van der Waals surface area contributed by atoms with Gasteiger partial charge in [0.15, 0.2) is 0 Å². The summed E-state index contributed by atoms with van der Waals surface area (Å²) in [4.78, 5) is 0. The molecule has 1 fully saturated rings. The van der Waals surface area contributed by atoms with Crippen LogP contribution in [0.4, 0.5) is 4.39 Å². The maximum absolute atomic E-state index is 13.0. The van der Waals surface area contributed by atoms with Gasteiger partial charge in [0.05, 0.1) is 0 Å². The van der Waals surface area contributed by atoms with Crippen LogP contribution < -0.4 is 5.32 Å². The molecule has 1 aromatic carbocycles. The zero-order valence-electron chi connectivity index (χ0n) is 12.6. The van der Waals surface area contributed by atoms with Crippen LogP contribution in [-0.2, 0) is 4.74 Å². The number of hydrogen-bond donors (Lipinski definition) is 1. The summed E-state index contributed by atoms with van der Waals surface area (Å²) in [5.41, 5.74) is 1.20. The van der Waals surface area contributed by atoms with Gasteiger partial charge in [0.25, 0.3) is 0 Å². The van der Waals surface area contributed by atoms with Crippen LogP contribution in [0.1, 0.15) is 44.6 Å². The molecule has 0 heterocycles. The Balaban J connectivity index is 1.83. The summed E-state index contributed by atoms with van der Waals surface area (Å²) >= 11 is 0. The van der Waals surface area contributed by atoms with Crippen LogP contribution in [0.2, 0.25) is 0 Å². The zero-order chi connectivity index (χ0) is 14.4. The van der Waals surface area contributed by atoms with E-state index in [1.165, 1.54) is 18.4 Å². The van der Waals surface area contributed by atoms with E-state index >= 15 is 0 Å². The third kappa shape index (κ3) is 5.59. The topological polar surface area (TPSA) is 21.3 Å². The summed E-state index contributed by atoms with van der Waals surface area (Å²) < 4.78 is 18.7. The molecule has 1 aliphatic carbocycles. The average molecular weight is 279 g/mol. The van der Waals surface area contributed by atoms with E-state index in [1.807, 2.05) is 12.1 Å². The van der Waals surface area contributed by atoms with Gasteiger partial charge in [-0.15, -0.1) is 0 Å². The van der Waals surface area contributed by atoms with Crippen LogP contribution in [0.5, 0.6) is 0 Å². The third-order valence-electron chi connectivity index (χ3n) is 3.63. The number of hydrogen-bond acceptors (Lipinski definition) is 2. The van der Waals surface area contributed by atoms with Crippen LogP contribution in [0, 0.1) is 11.7 Å². The van der Waals surface area contributed by atoms with Crippen molar-refractivity contribution in [2.45, 2.75) is 45.1 Å². The number of nitrogens with one attached hydrogen (secondary N) is 1. The van der Waals surface area contributed by atoms with Gasteiger partial charge >= 0.3 is 0 Å².